The van der Waals surface area contributed by atoms with Crippen LogP contribution in [0.2, 0.25) is 5.02 Å². The van der Waals surface area contributed by atoms with Crippen LogP contribution in [0.25, 0.3) is 0 Å². The molecule has 9 heteroatoms. The Balaban J connectivity index is 3.31. The highest BCUT2D eigenvalue weighted by Gasteiger charge is 2.46. The van der Waals surface area contributed by atoms with E-state index in [0.29, 0.717) is 10.6 Å². The van der Waals surface area contributed by atoms with Gasteiger partial charge in [-0.1, -0.05) is 37.6 Å². The van der Waals surface area contributed by atoms with Gasteiger partial charge in [-0.25, -0.2) is 4.79 Å². The van der Waals surface area contributed by atoms with Crippen LogP contribution in [0, 0.1) is 17.2 Å². The zero-order valence-electron chi connectivity index (χ0n) is 17.6. The van der Waals surface area contributed by atoms with Gasteiger partial charge in [0.1, 0.15) is 17.6 Å². The van der Waals surface area contributed by atoms with E-state index in [1.807, 2.05) is 6.07 Å². The van der Waals surface area contributed by atoms with Crippen molar-refractivity contribution in [2.75, 3.05) is 5.88 Å². The van der Waals surface area contributed by atoms with E-state index in [0.717, 1.165) is 0 Å². The Kier molecular flexibility index (Phi) is 9.13. The van der Waals surface area contributed by atoms with Gasteiger partial charge in [0.2, 0.25) is 5.54 Å². The molecule has 0 bridgehead atoms. The number of carbonyl (C=O) groups is 3. The van der Waals surface area contributed by atoms with Gasteiger partial charge in [0.15, 0.2) is 6.10 Å². The van der Waals surface area contributed by atoms with E-state index >= 15 is 0 Å². The van der Waals surface area contributed by atoms with E-state index in [4.69, 9.17) is 32.7 Å². The highest BCUT2D eigenvalue weighted by atomic mass is 35.5. The second-order valence-electron chi connectivity index (χ2n) is 8.10. The standard InChI is InChI=1S/C21H26Cl2N2O5/c1-13(2)17(29-16(26)11-22)18(27)25-21(12-24,19(28)30-20(3,4)5)10-14-6-8-15(23)9-7-14/h6-9,13,17H,10-11H2,1-5H3,(H,25,27)/t17-,21-/m0/s1. The van der Waals surface area contributed by atoms with Gasteiger partial charge >= 0.3 is 11.9 Å². The fraction of sp³-hybridized carbons (Fsp3) is 0.524. The molecule has 0 saturated carbocycles. The molecule has 0 aliphatic heterocycles. The average molecular weight is 457 g/mol. The molecule has 164 valence electrons. The normalized spacial score (nSPS) is 14.2. The Morgan fingerprint density at radius 2 is 1.73 bits per heavy atom. The number of alkyl halides is 1. The number of esters is 2. The molecule has 0 radical (unpaired) electrons. The summed E-state index contributed by atoms with van der Waals surface area (Å²) in [7, 11) is 0. The van der Waals surface area contributed by atoms with Crippen LogP contribution in [0.5, 0.6) is 0 Å². The van der Waals surface area contributed by atoms with Crippen LogP contribution in [0.4, 0.5) is 0 Å². The summed E-state index contributed by atoms with van der Waals surface area (Å²) in [6, 6.07) is 8.37. The molecule has 0 aromatic heterocycles. The van der Waals surface area contributed by atoms with Crippen molar-refractivity contribution in [3.8, 4) is 6.07 Å². The monoisotopic (exact) mass is 456 g/mol. The molecule has 1 N–H and O–H groups in total. The van der Waals surface area contributed by atoms with Crippen LogP contribution in [0.1, 0.15) is 40.2 Å². The lowest BCUT2D eigenvalue weighted by Crippen LogP contribution is -2.60. The fourth-order valence-corrected chi connectivity index (χ4v) is 2.69. The Hall–Kier alpha value is -2.30. The highest BCUT2D eigenvalue weighted by molar-refractivity contribution is 6.30. The molecular weight excluding hydrogens is 431 g/mol. The lowest BCUT2D eigenvalue weighted by atomic mass is 9.90. The van der Waals surface area contributed by atoms with Crippen molar-refractivity contribution in [2.45, 2.75) is 58.3 Å². The Bertz CT molecular complexity index is 812. The lowest BCUT2D eigenvalue weighted by molar-refractivity contribution is -0.164. The molecule has 0 fully saturated rings. The van der Waals surface area contributed by atoms with Gasteiger partial charge in [-0.2, -0.15) is 5.26 Å². The van der Waals surface area contributed by atoms with Crippen molar-refractivity contribution < 1.29 is 23.9 Å². The van der Waals surface area contributed by atoms with Crippen LogP contribution in [-0.4, -0.2) is 41.0 Å². The van der Waals surface area contributed by atoms with Crippen LogP contribution >= 0.6 is 23.2 Å². The molecule has 7 nitrogen and oxygen atoms in total. The molecular formula is C21H26Cl2N2O5. The minimum atomic E-state index is -2.04. The average Bonchev–Trinajstić information content (AvgIpc) is 2.65. The van der Waals surface area contributed by atoms with E-state index < -0.39 is 46.9 Å². The number of halogens is 2. The Labute approximate surface area is 186 Å². The molecule has 1 aromatic carbocycles. The molecule has 1 aromatic rings. The highest BCUT2D eigenvalue weighted by Crippen LogP contribution is 2.22. The summed E-state index contributed by atoms with van der Waals surface area (Å²) in [5.41, 5.74) is -2.36. The summed E-state index contributed by atoms with van der Waals surface area (Å²) in [4.78, 5) is 37.5. The molecule has 0 aliphatic rings. The minimum absolute atomic E-state index is 0.171. The van der Waals surface area contributed by atoms with Crippen molar-refractivity contribution in [3.05, 3.63) is 34.9 Å². The predicted octanol–water partition coefficient (Wildman–Crippen LogP) is 3.41. The third kappa shape index (κ3) is 7.51. The van der Waals surface area contributed by atoms with E-state index in [1.54, 1.807) is 58.9 Å². The topological polar surface area (TPSA) is 105 Å². The van der Waals surface area contributed by atoms with Crippen molar-refractivity contribution in [2.24, 2.45) is 5.92 Å². The first-order valence-electron chi connectivity index (χ1n) is 9.30. The predicted molar refractivity (Wildman–Crippen MR) is 113 cm³/mol. The fourth-order valence-electron chi connectivity index (χ4n) is 2.50. The van der Waals surface area contributed by atoms with E-state index in [2.05, 4.69) is 5.32 Å². The summed E-state index contributed by atoms with van der Waals surface area (Å²) in [6.07, 6.45) is -1.41. The second-order valence-corrected chi connectivity index (χ2v) is 8.80. The zero-order chi connectivity index (χ0) is 23.1. The SMILES string of the molecule is CC(C)[C@H](OC(=O)CCl)C(=O)N[C@](C#N)(Cc1ccc(Cl)cc1)C(=O)OC(C)(C)C. The number of nitrogens with zero attached hydrogens (tertiary/aromatic N) is 1. The minimum Gasteiger partial charge on any atom is -0.457 e. The van der Waals surface area contributed by atoms with Gasteiger partial charge in [0, 0.05) is 11.4 Å². The largest absolute Gasteiger partial charge is 0.457 e. The maximum atomic E-state index is 13.0. The van der Waals surface area contributed by atoms with Gasteiger partial charge in [-0.3, -0.25) is 9.59 Å². The number of benzene rings is 1. The molecule has 0 saturated heterocycles. The maximum Gasteiger partial charge on any atom is 0.347 e. The van der Waals surface area contributed by atoms with Crippen LogP contribution in [-0.2, 0) is 30.3 Å². The number of nitrogens with one attached hydrogen (secondary N) is 1. The van der Waals surface area contributed by atoms with Gasteiger partial charge < -0.3 is 14.8 Å². The number of hydrogen-bond acceptors (Lipinski definition) is 6. The summed E-state index contributed by atoms with van der Waals surface area (Å²) in [5, 5.41) is 12.9. The van der Waals surface area contributed by atoms with E-state index in [-0.39, 0.29) is 6.42 Å². The maximum absolute atomic E-state index is 13.0. The third-order valence-electron chi connectivity index (χ3n) is 3.89. The van der Waals surface area contributed by atoms with Crippen molar-refractivity contribution in [1.29, 1.82) is 5.26 Å². The molecule has 0 spiro atoms. The van der Waals surface area contributed by atoms with Crippen molar-refractivity contribution >= 4 is 41.0 Å². The van der Waals surface area contributed by atoms with Gasteiger partial charge in [0.25, 0.3) is 5.91 Å². The quantitative estimate of drug-likeness (QED) is 0.474. The Morgan fingerprint density at radius 3 is 2.17 bits per heavy atom. The van der Waals surface area contributed by atoms with Crippen LogP contribution in [0.15, 0.2) is 24.3 Å². The van der Waals surface area contributed by atoms with Crippen LogP contribution in [0.3, 0.4) is 0 Å². The molecule has 2 atom stereocenters. The first-order valence-corrected chi connectivity index (χ1v) is 10.2. The van der Waals surface area contributed by atoms with E-state index in [1.165, 1.54) is 0 Å². The Morgan fingerprint density at radius 1 is 1.17 bits per heavy atom. The summed E-state index contributed by atoms with van der Waals surface area (Å²) in [5.74, 6) is -3.38. The smallest absolute Gasteiger partial charge is 0.347 e. The number of amides is 1. The van der Waals surface area contributed by atoms with Gasteiger partial charge in [0.05, 0.1) is 0 Å². The second kappa shape index (κ2) is 10.6. The molecule has 0 unspecified atom stereocenters. The number of ether oxygens (including phenoxy) is 2. The molecule has 1 rings (SSSR count). The number of carbonyl (C=O) groups excluding carboxylic acids is 3. The third-order valence-corrected chi connectivity index (χ3v) is 4.36. The first-order chi connectivity index (χ1) is 13.8. The van der Waals surface area contributed by atoms with Crippen molar-refractivity contribution in [1.82, 2.24) is 5.32 Å². The number of hydrogen-bond donors (Lipinski definition) is 1. The van der Waals surface area contributed by atoms with E-state index in [9.17, 15) is 19.6 Å². The number of nitriles is 1. The van der Waals surface area contributed by atoms with Crippen LogP contribution < -0.4 is 5.32 Å². The summed E-state index contributed by atoms with van der Waals surface area (Å²) < 4.78 is 10.5. The van der Waals surface area contributed by atoms with Crippen molar-refractivity contribution in [3.63, 3.8) is 0 Å². The summed E-state index contributed by atoms with van der Waals surface area (Å²) >= 11 is 11.4. The van der Waals surface area contributed by atoms with Gasteiger partial charge in [-0.15, -0.1) is 11.6 Å². The van der Waals surface area contributed by atoms with Gasteiger partial charge in [-0.05, 0) is 44.4 Å². The number of rotatable bonds is 8. The molecule has 0 heterocycles. The molecule has 1 amide bonds. The summed E-state index contributed by atoms with van der Waals surface area (Å²) in [6.45, 7) is 8.27. The first kappa shape index (κ1) is 25.7. The molecule has 0 aliphatic carbocycles. The molecule has 30 heavy (non-hydrogen) atoms. The lowest BCUT2D eigenvalue weighted by Gasteiger charge is -2.32. The zero-order valence-corrected chi connectivity index (χ0v) is 19.1.